The van der Waals surface area contributed by atoms with E-state index in [0.29, 0.717) is 23.1 Å². The number of carboxylic acids is 1. The highest BCUT2D eigenvalue weighted by molar-refractivity contribution is 6.03. The van der Waals surface area contributed by atoms with Gasteiger partial charge in [0.2, 0.25) is 0 Å². The van der Waals surface area contributed by atoms with Gasteiger partial charge in [-0.3, -0.25) is 0 Å². The number of methoxy groups -OCH3 is 1. The van der Waals surface area contributed by atoms with Crippen LogP contribution in [0.2, 0.25) is 0 Å². The first-order chi connectivity index (χ1) is 14.5. The van der Waals surface area contributed by atoms with E-state index in [4.69, 9.17) is 0 Å². The number of aromatic carboxylic acids is 1. The lowest BCUT2D eigenvalue weighted by atomic mass is 10.0. The van der Waals surface area contributed by atoms with Crippen LogP contribution in [0.15, 0.2) is 60.8 Å². The molecule has 7 nitrogen and oxygen atoms in total. The fourth-order valence-corrected chi connectivity index (χ4v) is 3.20. The Morgan fingerprint density at radius 2 is 1.87 bits per heavy atom. The molecule has 4 rings (SSSR count). The molecule has 0 amide bonds. The van der Waals surface area contributed by atoms with Crippen molar-refractivity contribution in [2.75, 3.05) is 7.11 Å². The first-order valence-corrected chi connectivity index (χ1v) is 9.00. The van der Waals surface area contributed by atoms with Crippen LogP contribution in [0.5, 0.6) is 0 Å². The number of esters is 1. The van der Waals surface area contributed by atoms with Crippen molar-refractivity contribution in [3.05, 3.63) is 83.3 Å². The minimum absolute atomic E-state index is 0.0123. The van der Waals surface area contributed by atoms with Crippen molar-refractivity contribution in [2.24, 2.45) is 0 Å². The second kappa shape index (κ2) is 7.75. The lowest BCUT2D eigenvalue weighted by molar-refractivity contribution is 0.0594. The molecule has 0 aliphatic carbocycles. The third kappa shape index (κ3) is 3.50. The van der Waals surface area contributed by atoms with Gasteiger partial charge < -0.3 is 9.84 Å². The molecule has 0 fully saturated rings. The van der Waals surface area contributed by atoms with Gasteiger partial charge in [-0.25, -0.2) is 23.6 Å². The minimum Gasteiger partial charge on any atom is -0.478 e. The Bertz CT molecular complexity index is 1270. The molecular formula is C22H16FN3O4. The van der Waals surface area contributed by atoms with E-state index in [9.17, 15) is 19.1 Å². The zero-order valence-electron chi connectivity index (χ0n) is 15.9. The molecule has 0 saturated carbocycles. The average Bonchev–Trinajstić information content (AvgIpc) is 3.16. The Kier molecular flexibility index (Phi) is 4.97. The maximum absolute atomic E-state index is 14.0. The van der Waals surface area contributed by atoms with Gasteiger partial charge in [0.15, 0.2) is 5.65 Å². The summed E-state index contributed by atoms with van der Waals surface area (Å²) in [5.74, 6) is -2.71. The highest BCUT2D eigenvalue weighted by Crippen LogP contribution is 2.27. The lowest BCUT2D eigenvalue weighted by Crippen LogP contribution is -2.06. The van der Waals surface area contributed by atoms with E-state index in [1.54, 1.807) is 4.68 Å². The Labute approximate surface area is 170 Å². The van der Waals surface area contributed by atoms with Crippen molar-refractivity contribution in [3.63, 3.8) is 0 Å². The summed E-state index contributed by atoms with van der Waals surface area (Å²) in [5.41, 5.74) is 1.76. The third-order valence-electron chi connectivity index (χ3n) is 4.68. The second-order valence-electron chi connectivity index (χ2n) is 6.57. The standard InChI is InChI=1S/C22H16FN3O4/c1-30-22(29)16-9-14(7-8-18(16)23)19-10-15(21(27)28)17-11-24-26(20(17)25-19)12-13-5-3-2-4-6-13/h2-11H,12H2,1H3,(H,27,28). The van der Waals surface area contributed by atoms with E-state index < -0.39 is 17.8 Å². The number of halogens is 1. The molecule has 0 bridgehead atoms. The molecule has 0 aliphatic heterocycles. The number of aromatic nitrogens is 3. The van der Waals surface area contributed by atoms with Crippen LogP contribution in [-0.2, 0) is 11.3 Å². The van der Waals surface area contributed by atoms with Gasteiger partial charge in [-0.15, -0.1) is 0 Å². The van der Waals surface area contributed by atoms with Crippen LogP contribution >= 0.6 is 0 Å². The van der Waals surface area contributed by atoms with E-state index in [2.05, 4.69) is 14.8 Å². The first-order valence-electron chi connectivity index (χ1n) is 9.00. The largest absolute Gasteiger partial charge is 0.478 e. The van der Waals surface area contributed by atoms with Crippen LogP contribution in [0, 0.1) is 5.82 Å². The third-order valence-corrected chi connectivity index (χ3v) is 4.68. The minimum atomic E-state index is -1.14. The van der Waals surface area contributed by atoms with Gasteiger partial charge in [-0.05, 0) is 29.8 Å². The molecule has 0 radical (unpaired) electrons. The number of nitrogens with zero attached hydrogens (tertiary/aromatic N) is 3. The maximum atomic E-state index is 14.0. The van der Waals surface area contributed by atoms with Crippen molar-refractivity contribution in [1.29, 1.82) is 0 Å². The molecule has 8 heteroatoms. The molecule has 0 aliphatic rings. The number of carbonyl (C=O) groups is 2. The Balaban J connectivity index is 1.88. The molecule has 1 N–H and O–H groups in total. The normalized spacial score (nSPS) is 10.9. The van der Waals surface area contributed by atoms with Crippen molar-refractivity contribution < 1.29 is 23.8 Å². The first kappa shape index (κ1) is 19.3. The van der Waals surface area contributed by atoms with Crippen LogP contribution in [0.3, 0.4) is 0 Å². The number of benzene rings is 2. The van der Waals surface area contributed by atoms with Crippen LogP contribution in [0.25, 0.3) is 22.3 Å². The summed E-state index contributed by atoms with van der Waals surface area (Å²) in [6.45, 7) is 0.399. The number of hydrogen-bond donors (Lipinski definition) is 1. The molecular weight excluding hydrogens is 389 g/mol. The summed E-state index contributed by atoms with van der Waals surface area (Å²) >= 11 is 0. The lowest BCUT2D eigenvalue weighted by Gasteiger charge is -2.09. The molecule has 30 heavy (non-hydrogen) atoms. The molecule has 150 valence electrons. The SMILES string of the molecule is COC(=O)c1cc(-c2cc(C(=O)O)c3cnn(Cc4ccccc4)c3n2)ccc1F. The second-order valence-corrected chi connectivity index (χ2v) is 6.57. The van der Waals surface area contributed by atoms with Gasteiger partial charge in [0.25, 0.3) is 0 Å². The van der Waals surface area contributed by atoms with Crippen LogP contribution in [0.1, 0.15) is 26.3 Å². The molecule has 2 aromatic carbocycles. The van der Waals surface area contributed by atoms with Crippen LogP contribution in [0.4, 0.5) is 4.39 Å². The van der Waals surface area contributed by atoms with Crippen molar-refractivity contribution >= 4 is 23.0 Å². The number of fused-ring (bicyclic) bond motifs is 1. The zero-order chi connectivity index (χ0) is 21.3. The van der Waals surface area contributed by atoms with E-state index in [1.807, 2.05) is 30.3 Å². The number of carbonyl (C=O) groups excluding carboxylic acids is 1. The van der Waals surface area contributed by atoms with Crippen LogP contribution < -0.4 is 0 Å². The number of carboxylic acid groups (broad SMARTS) is 1. The number of pyridine rings is 1. The van der Waals surface area contributed by atoms with Gasteiger partial charge in [0.1, 0.15) is 5.82 Å². The smallest absolute Gasteiger partial charge is 0.340 e. The van der Waals surface area contributed by atoms with Crippen molar-refractivity contribution in [1.82, 2.24) is 14.8 Å². The molecule has 0 atom stereocenters. The predicted octanol–water partition coefficient (Wildman–Crippen LogP) is 3.77. The highest BCUT2D eigenvalue weighted by Gasteiger charge is 2.19. The Morgan fingerprint density at radius 1 is 1.10 bits per heavy atom. The highest BCUT2D eigenvalue weighted by atomic mass is 19.1. The molecule has 0 unspecified atom stereocenters. The molecule has 0 saturated heterocycles. The average molecular weight is 405 g/mol. The van der Waals surface area contributed by atoms with Crippen LogP contribution in [-0.4, -0.2) is 38.9 Å². The zero-order valence-corrected chi connectivity index (χ0v) is 15.9. The van der Waals surface area contributed by atoms with E-state index in [1.165, 1.54) is 24.4 Å². The topological polar surface area (TPSA) is 94.3 Å². The summed E-state index contributed by atoms with van der Waals surface area (Å²) < 4.78 is 20.2. The number of rotatable bonds is 5. The van der Waals surface area contributed by atoms with Gasteiger partial charge in [0, 0.05) is 5.56 Å². The van der Waals surface area contributed by atoms with Crippen molar-refractivity contribution in [3.8, 4) is 11.3 Å². The summed E-state index contributed by atoms with van der Waals surface area (Å²) in [7, 11) is 1.16. The summed E-state index contributed by atoms with van der Waals surface area (Å²) in [5, 5.41) is 14.4. The van der Waals surface area contributed by atoms with Gasteiger partial charge in [-0.1, -0.05) is 30.3 Å². The molecule has 2 aromatic heterocycles. The quantitative estimate of drug-likeness (QED) is 0.508. The fraction of sp³-hybridized carbons (Fsp3) is 0.0909. The van der Waals surface area contributed by atoms with E-state index in [-0.39, 0.29) is 16.8 Å². The predicted molar refractivity (Wildman–Crippen MR) is 107 cm³/mol. The number of hydrogen-bond acceptors (Lipinski definition) is 5. The van der Waals surface area contributed by atoms with Gasteiger partial charge >= 0.3 is 11.9 Å². The van der Waals surface area contributed by atoms with Gasteiger partial charge in [0.05, 0.1) is 42.1 Å². The molecule has 4 aromatic rings. The van der Waals surface area contributed by atoms with E-state index >= 15 is 0 Å². The Morgan fingerprint density at radius 3 is 2.57 bits per heavy atom. The Hall–Kier alpha value is -4.07. The molecule has 2 heterocycles. The fourth-order valence-electron chi connectivity index (χ4n) is 3.20. The number of ether oxygens (including phenoxy) is 1. The summed E-state index contributed by atoms with van der Waals surface area (Å²) in [6.07, 6.45) is 1.46. The monoisotopic (exact) mass is 405 g/mol. The van der Waals surface area contributed by atoms with E-state index in [0.717, 1.165) is 18.7 Å². The van der Waals surface area contributed by atoms with Gasteiger partial charge in [-0.2, -0.15) is 5.10 Å². The van der Waals surface area contributed by atoms with Crippen molar-refractivity contribution in [2.45, 2.75) is 6.54 Å². The molecule has 0 spiro atoms. The maximum Gasteiger partial charge on any atom is 0.340 e. The summed E-state index contributed by atoms with van der Waals surface area (Å²) in [4.78, 5) is 28.2. The summed E-state index contributed by atoms with van der Waals surface area (Å²) in [6, 6.07) is 14.8.